The smallest absolute Gasteiger partial charge is 0.300 e. The van der Waals surface area contributed by atoms with Crippen LogP contribution < -0.4 is 4.90 Å². The highest BCUT2D eigenvalue weighted by Gasteiger charge is 2.47. The first kappa shape index (κ1) is 20.6. The molecule has 33 heavy (non-hydrogen) atoms. The number of hydrogen-bond donors (Lipinski definition) is 1. The molecule has 1 heterocycles. The Morgan fingerprint density at radius 3 is 2.21 bits per heavy atom. The fourth-order valence-corrected chi connectivity index (χ4v) is 4.20. The maximum absolute atomic E-state index is 14.7. The van der Waals surface area contributed by atoms with Crippen molar-refractivity contribution >= 4 is 33.9 Å². The number of ketones is 1. The highest BCUT2D eigenvalue weighted by Crippen LogP contribution is 2.43. The summed E-state index contributed by atoms with van der Waals surface area (Å²) in [4.78, 5) is 27.2. The minimum Gasteiger partial charge on any atom is -0.507 e. The summed E-state index contributed by atoms with van der Waals surface area (Å²) in [7, 11) is 0. The van der Waals surface area contributed by atoms with E-state index in [-0.39, 0.29) is 17.0 Å². The van der Waals surface area contributed by atoms with Gasteiger partial charge in [0, 0.05) is 11.6 Å². The number of benzene rings is 4. The third kappa shape index (κ3) is 3.46. The van der Waals surface area contributed by atoms with E-state index in [4.69, 9.17) is 0 Å². The Morgan fingerprint density at radius 2 is 1.48 bits per heavy atom. The average molecular weight is 441 g/mol. The van der Waals surface area contributed by atoms with Crippen LogP contribution in [0.5, 0.6) is 0 Å². The van der Waals surface area contributed by atoms with Crippen molar-refractivity contribution in [3.63, 3.8) is 0 Å². The van der Waals surface area contributed by atoms with Gasteiger partial charge in [-0.25, -0.2) is 8.78 Å². The molecule has 6 heteroatoms. The van der Waals surface area contributed by atoms with Gasteiger partial charge in [-0.05, 0) is 34.5 Å². The zero-order valence-corrected chi connectivity index (χ0v) is 17.2. The number of fused-ring (bicyclic) bond motifs is 1. The number of hydrogen-bond acceptors (Lipinski definition) is 3. The zero-order valence-electron chi connectivity index (χ0n) is 17.2. The molecule has 1 unspecified atom stereocenters. The lowest BCUT2D eigenvalue weighted by Crippen LogP contribution is -2.30. The first-order chi connectivity index (χ1) is 16.0. The largest absolute Gasteiger partial charge is 0.507 e. The van der Waals surface area contributed by atoms with Gasteiger partial charge in [0.1, 0.15) is 17.4 Å². The van der Waals surface area contributed by atoms with Gasteiger partial charge in [-0.2, -0.15) is 0 Å². The summed E-state index contributed by atoms with van der Waals surface area (Å²) < 4.78 is 28.2. The van der Waals surface area contributed by atoms with Gasteiger partial charge in [-0.3, -0.25) is 14.5 Å². The van der Waals surface area contributed by atoms with Crippen molar-refractivity contribution in [2.75, 3.05) is 4.90 Å². The quantitative estimate of drug-likeness (QED) is 0.250. The molecule has 4 aromatic rings. The number of rotatable bonds is 3. The second-order valence-electron chi connectivity index (χ2n) is 7.74. The molecule has 162 valence electrons. The lowest BCUT2D eigenvalue weighted by molar-refractivity contribution is -0.132. The molecule has 1 atom stereocenters. The Bertz CT molecular complexity index is 1450. The lowest BCUT2D eigenvalue weighted by Gasteiger charge is -2.25. The molecule has 1 aliphatic heterocycles. The van der Waals surface area contributed by atoms with E-state index in [1.165, 1.54) is 0 Å². The van der Waals surface area contributed by atoms with E-state index in [0.29, 0.717) is 17.2 Å². The molecule has 0 aliphatic carbocycles. The highest BCUT2D eigenvalue weighted by atomic mass is 19.1. The molecule has 0 radical (unpaired) electrons. The lowest BCUT2D eigenvalue weighted by atomic mass is 9.94. The normalized spacial score (nSPS) is 17.6. The standard InChI is InChI=1S/C27H17F2NO3/c28-20-12-13-22(21(29)15-20)30-24(17-7-2-1-3-8-17)23(26(32)27(30)33)25(31)19-11-10-16-6-4-5-9-18(16)14-19/h1-15,24,31H/b25-23-. The first-order valence-corrected chi connectivity index (χ1v) is 10.3. The van der Waals surface area contributed by atoms with Crippen LogP contribution >= 0.6 is 0 Å². The second kappa shape index (κ2) is 7.98. The summed E-state index contributed by atoms with van der Waals surface area (Å²) >= 11 is 0. The SMILES string of the molecule is O=C1C(=O)N(c2ccc(F)cc2F)C(c2ccccc2)/C1=C(/O)c1ccc2ccccc2c1. The molecule has 0 saturated carbocycles. The number of amides is 1. The van der Waals surface area contributed by atoms with Crippen LogP contribution in [0.3, 0.4) is 0 Å². The van der Waals surface area contributed by atoms with E-state index in [1.807, 2.05) is 24.3 Å². The molecular weight excluding hydrogens is 424 g/mol. The molecule has 5 rings (SSSR count). The second-order valence-corrected chi connectivity index (χ2v) is 7.74. The van der Waals surface area contributed by atoms with Gasteiger partial charge in [-0.1, -0.05) is 66.7 Å². The Hall–Kier alpha value is -4.32. The van der Waals surface area contributed by atoms with Crippen molar-refractivity contribution in [2.24, 2.45) is 0 Å². The van der Waals surface area contributed by atoms with Crippen molar-refractivity contribution in [1.29, 1.82) is 0 Å². The minimum atomic E-state index is -1.09. The van der Waals surface area contributed by atoms with E-state index in [1.54, 1.807) is 48.5 Å². The predicted octanol–water partition coefficient (Wildman–Crippen LogP) is 5.74. The van der Waals surface area contributed by atoms with E-state index in [2.05, 4.69) is 0 Å². The Morgan fingerprint density at radius 1 is 0.788 bits per heavy atom. The fourth-order valence-electron chi connectivity index (χ4n) is 4.20. The van der Waals surface area contributed by atoms with Crippen molar-refractivity contribution in [1.82, 2.24) is 0 Å². The monoisotopic (exact) mass is 441 g/mol. The summed E-state index contributed by atoms with van der Waals surface area (Å²) in [5.41, 5.74) is 0.449. The molecule has 1 N–H and O–H groups in total. The number of halogens is 2. The summed E-state index contributed by atoms with van der Waals surface area (Å²) in [6, 6.07) is 23.0. The van der Waals surface area contributed by atoms with Crippen molar-refractivity contribution < 1.29 is 23.5 Å². The van der Waals surface area contributed by atoms with Crippen LogP contribution in [0.2, 0.25) is 0 Å². The predicted molar refractivity (Wildman–Crippen MR) is 122 cm³/mol. The number of aliphatic hydroxyl groups is 1. The van der Waals surface area contributed by atoms with Crippen molar-refractivity contribution in [2.45, 2.75) is 6.04 Å². The zero-order chi connectivity index (χ0) is 23.1. The topological polar surface area (TPSA) is 57.6 Å². The molecular formula is C27H17F2NO3. The first-order valence-electron chi connectivity index (χ1n) is 10.3. The van der Waals surface area contributed by atoms with Crippen LogP contribution in [0.15, 0.2) is 96.6 Å². The molecule has 1 amide bonds. The third-order valence-electron chi connectivity index (χ3n) is 5.75. The van der Waals surface area contributed by atoms with Gasteiger partial charge in [0.2, 0.25) is 0 Å². The number of nitrogens with zero attached hydrogens (tertiary/aromatic N) is 1. The maximum Gasteiger partial charge on any atom is 0.300 e. The number of carbonyl (C=O) groups is 2. The van der Waals surface area contributed by atoms with E-state index >= 15 is 0 Å². The Kier molecular flexibility index (Phi) is 4.98. The molecule has 1 aliphatic rings. The van der Waals surface area contributed by atoms with Gasteiger partial charge >= 0.3 is 0 Å². The number of aliphatic hydroxyl groups excluding tert-OH is 1. The van der Waals surface area contributed by atoms with Crippen LogP contribution in [0.25, 0.3) is 16.5 Å². The Labute approximate surface area is 188 Å². The van der Waals surface area contributed by atoms with Gasteiger partial charge < -0.3 is 5.11 Å². The van der Waals surface area contributed by atoms with Crippen LogP contribution in [0, 0.1) is 11.6 Å². The van der Waals surface area contributed by atoms with E-state index < -0.39 is 29.4 Å². The molecule has 4 nitrogen and oxygen atoms in total. The van der Waals surface area contributed by atoms with Crippen LogP contribution in [0.4, 0.5) is 14.5 Å². The Balaban J connectivity index is 1.74. The fraction of sp³-hybridized carbons (Fsp3) is 0.0370. The summed E-state index contributed by atoms with van der Waals surface area (Å²) in [5, 5.41) is 13.0. The molecule has 0 bridgehead atoms. The summed E-state index contributed by atoms with van der Waals surface area (Å²) in [6.45, 7) is 0. The molecule has 0 aromatic heterocycles. The van der Waals surface area contributed by atoms with Gasteiger partial charge in [0.25, 0.3) is 11.7 Å². The molecule has 4 aromatic carbocycles. The number of anilines is 1. The van der Waals surface area contributed by atoms with Crippen LogP contribution in [0.1, 0.15) is 17.2 Å². The average Bonchev–Trinajstić information content (AvgIpc) is 3.09. The maximum atomic E-state index is 14.7. The molecule has 1 fully saturated rings. The van der Waals surface area contributed by atoms with Gasteiger partial charge in [0.05, 0.1) is 17.3 Å². The molecule has 1 saturated heterocycles. The third-order valence-corrected chi connectivity index (χ3v) is 5.75. The van der Waals surface area contributed by atoms with Crippen molar-refractivity contribution in [3.8, 4) is 0 Å². The van der Waals surface area contributed by atoms with Gasteiger partial charge in [0.15, 0.2) is 0 Å². The van der Waals surface area contributed by atoms with E-state index in [0.717, 1.165) is 27.8 Å². The van der Waals surface area contributed by atoms with Crippen molar-refractivity contribution in [3.05, 3.63) is 119 Å². The minimum absolute atomic E-state index is 0.162. The summed E-state index contributed by atoms with van der Waals surface area (Å²) in [6.07, 6.45) is 0. The highest BCUT2D eigenvalue weighted by molar-refractivity contribution is 6.51. The summed E-state index contributed by atoms with van der Waals surface area (Å²) in [5.74, 6) is -4.10. The number of carbonyl (C=O) groups excluding carboxylic acids is 2. The van der Waals surface area contributed by atoms with E-state index in [9.17, 15) is 23.5 Å². The van der Waals surface area contributed by atoms with Crippen LogP contribution in [-0.2, 0) is 9.59 Å². The van der Waals surface area contributed by atoms with Gasteiger partial charge in [-0.15, -0.1) is 0 Å². The van der Waals surface area contributed by atoms with Crippen LogP contribution in [-0.4, -0.2) is 16.8 Å². The number of Topliss-reactive ketones (excluding diaryl/α,β-unsaturated/α-hetero) is 1. The molecule has 0 spiro atoms.